The summed E-state index contributed by atoms with van der Waals surface area (Å²) < 4.78 is 30.3. The number of carbonyl (C=O) groups excluding carboxylic acids is 1. The van der Waals surface area contributed by atoms with Crippen molar-refractivity contribution in [3.8, 4) is 0 Å². The molecule has 1 N–H and O–H groups in total. The molecule has 1 saturated carbocycles. The molecule has 0 bridgehead atoms. The van der Waals surface area contributed by atoms with Crippen LogP contribution in [0.1, 0.15) is 36.0 Å². The van der Waals surface area contributed by atoms with Gasteiger partial charge in [-0.25, -0.2) is 13.1 Å². The molecule has 0 atom stereocenters. The number of nitrogens with one attached hydrogen (secondary N) is 1. The molecule has 20 heavy (non-hydrogen) atoms. The lowest BCUT2D eigenvalue weighted by molar-refractivity contribution is 0.0731. The molecule has 1 saturated heterocycles. The van der Waals surface area contributed by atoms with E-state index in [1.54, 1.807) is 4.90 Å². The third kappa shape index (κ3) is 2.14. The number of amides is 1. The maximum atomic E-state index is 12.4. The fourth-order valence-electron chi connectivity index (χ4n) is 3.05. The Labute approximate surface area is 118 Å². The van der Waals surface area contributed by atoms with Crippen LogP contribution in [-0.2, 0) is 10.0 Å². The van der Waals surface area contributed by atoms with E-state index >= 15 is 0 Å². The first-order chi connectivity index (χ1) is 9.46. The van der Waals surface area contributed by atoms with Crippen molar-refractivity contribution in [3.05, 3.63) is 17.9 Å². The summed E-state index contributed by atoms with van der Waals surface area (Å²) in [6, 6.07) is 1.29. The van der Waals surface area contributed by atoms with Gasteiger partial charge in [0.1, 0.15) is 6.26 Å². The summed E-state index contributed by atoms with van der Waals surface area (Å²) in [6.07, 6.45) is 5.91. The van der Waals surface area contributed by atoms with Crippen molar-refractivity contribution in [2.75, 3.05) is 20.1 Å². The van der Waals surface area contributed by atoms with E-state index in [4.69, 9.17) is 4.42 Å². The number of hydrogen-bond acceptors (Lipinski definition) is 4. The van der Waals surface area contributed by atoms with Gasteiger partial charge < -0.3 is 9.32 Å². The highest BCUT2D eigenvalue weighted by Crippen LogP contribution is 2.48. The van der Waals surface area contributed by atoms with E-state index in [1.165, 1.54) is 38.6 Å². The number of likely N-dealkylation sites (tertiary alicyclic amines) is 1. The van der Waals surface area contributed by atoms with E-state index in [-0.39, 0.29) is 11.0 Å². The number of furan rings is 1. The second-order valence-corrected chi connectivity index (χ2v) is 7.51. The van der Waals surface area contributed by atoms with Gasteiger partial charge in [0.2, 0.25) is 5.09 Å². The minimum atomic E-state index is -3.64. The van der Waals surface area contributed by atoms with Crippen LogP contribution in [0, 0.1) is 5.41 Å². The molecule has 1 aromatic rings. The predicted molar refractivity (Wildman–Crippen MR) is 71.8 cm³/mol. The fraction of sp³-hybridized carbons (Fsp3) is 0.615. The van der Waals surface area contributed by atoms with Gasteiger partial charge in [-0.1, -0.05) is 6.42 Å². The summed E-state index contributed by atoms with van der Waals surface area (Å²) in [5.74, 6) is -0.143. The predicted octanol–water partition coefficient (Wildman–Crippen LogP) is 1.20. The van der Waals surface area contributed by atoms with Crippen LogP contribution in [0.5, 0.6) is 0 Å². The van der Waals surface area contributed by atoms with E-state index < -0.39 is 10.0 Å². The van der Waals surface area contributed by atoms with Crippen molar-refractivity contribution in [2.24, 2.45) is 5.41 Å². The van der Waals surface area contributed by atoms with Gasteiger partial charge in [0.05, 0.1) is 5.56 Å². The zero-order valence-electron chi connectivity index (χ0n) is 11.4. The first kappa shape index (κ1) is 13.6. The summed E-state index contributed by atoms with van der Waals surface area (Å²) >= 11 is 0. The van der Waals surface area contributed by atoms with Gasteiger partial charge in [0.25, 0.3) is 15.9 Å². The van der Waals surface area contributed by atoms with Crippen LogP contribution >= 0.6 is 0 Å². The van der Waals surface area contributed by atoms with Gasteiger partial charge in [-0.05, 0) is 31.7 Å². The van der Waals surface area contributed by atoms with E-state index in [2.05, 4.69) is 4.72 Å². The second kappa shape index (κ2) is 4.60. The fourth-order valence-corrected chi connectivity index (χ4v) is 3.70. The lowest BCUT2D eigenvalue weighted by atomic mass is 9.68. The average molecular weight is 298 g/mol. The van der Waals surface area contributed by atoms with Crippen molar-refractivity contribution in [3.63, 3.8) is 0 Å². The van der Waals surface area contributed by atoms with Gasteiger partial charge in [-0.2, -0.15) is 0 Å². The number of rotatable bonds is 3. The van der Waals surface area contributed by atoms with Gasteiger partial charge in [0.15, 0.2) is 0 Å². The molecule has 1 aromatic heterocycles. The Bertz CT molecular complexity index is 631. The average Bonchev–Trinajstić information content (AvgIpc) is 3.04. The molecular weight excluding hydrogens is 280 g/mol. The number of sulfonamides is 1. The van der Waals surface area contributed by atoms with E-state index in [9.17, 15) is 13.2 Å². The zero-order chi connectivity index (χ0) is 14.4. The Morgan fingerprint density at radius 3 is 2.70 bits per heavy atom. The number of nitrogens with zero attached hydrogens (tertiary/aromatic N) is 1. The highest BCUT2D eigenvalue weighted by molar-refractivity contribution is 7.89. The largest absolute Gasteiger partial charge is 0.451 e. The molecule has 0 aromatic carbocycles. The van der Waals surface area contributed by atoms with E-state index in [0.717, 1.165) is 19.5 Å². The van der Waals surface area contributed by atoms with Crippen molar-refractivity contribution in [1.82, 2.24) is 9.62 Å². The highest BCUT2D eigenvalue weighted by atomic mass is 32.2. The smallest absolute Gasteiger partial charge is 0.273 e. The van der Waals surface area contributed by atoms with Crippen LogP contribution in [0.25, 0.3) is 0 Å². The van der Waals surface area contributed by atoms with Crippen LogP contribution in [0.3, 0.4) is 0 Å². The molecule has 2 fully saturated rings. The summed E-state index contributed by atoms with van der Waals surface area (Å²) in [4.78, 5) is 14.2. The molecule has 110 valence electrons. The van der Waals surface area contributed by atoms with Crippen molar-refractivity contribution in [1.29, 1.82) is 0 Å². The van der Waals surface area contributed by atoms with Crippen LogP contribution in [0.2, 0.25) is 0 Å². The summed E-state index contributed by atoms with van der Waals surface area (Å²) in [5, 5.41) is -0.221. The first-order valence-electron chi connectivity index (χ1n) is 6.77. The van der Waals surface area contributed by atoms with Gasteiger partial charge in [0, 0.05) is 19.2 Å². The summed E-state index contributed by atoms with van der Waals surface area (Å²) in [7, 11) is -2.33. The Balaban J connectivity index is 1.75. The lowest BCUT2D eigenvalue weighted by Gasteiger charge is -2.37. The molecule has 1 aliphatic carbocycles. The topological polar surface area (TPSA) is 79.6 Å². The van der Waals surface area contributed by atoms with Crippen molar-refractivity contribution < 1.29 is 17.6 Å². The Kier molecular flexibility index (Phi) is 3.13. The Hall–Kier alpha value is -1.34. The van der Waals surface area contributed by atoms with Crippen LogP contribution in [-0.4, -0.2) is 39.4 Å². The molecule has 2 aliphatic rings. The van der Waals surface area contributed by atoms with Crippen molar-refractivity contribution in [2.45, 2.75) is 30.8 Å². The van der Waals surface area contributed by atoms with E-state index in [0.29, 0.717) is 11.0 Å². The molecule has 2 heterocycles. The summed E-state index contributed by atoms with van der Waals surface area (Å²) in [6.45, 7) is 1.53. The minimum Gasteiger partial charge on any atom is -0.451 e. The quantitative estimate of drug-likeness (QED) is 0.909. The Morgan fingerprint density at radius 1 is 1.40 bits per heavy atom. The molecule has 0 radical (unpaired) electrons. The van der Waals surface area contributed by atoms with Gasteiger partial charge in [-0.3, -0.25) is 4.79 Å². The summed E-state index contributed by atoms with van der Waals surface area (Å²) in [5.41, 5.74) is 0.634. The van der Waals surface area contributed by atoms with E-state index in [1.807, 2.05) is 0 Å². The third-order valence-electron chi connectivity index (χ3n) is 4.50. The van der Waals surface area contributed by atoms with Gasteiger partial charge >= 0.3 is 0 Å². The molecule has 3 rings (SSSR count). The number of hydrogen-bond donors (Lipinski definition) is 1. The zero-order valence-corrected chi connectivity index (χ0v) is 12.2. The lowest BCUT2D eigenvalue weighted by Crippen LogP contribution is -2.35. The molecule has 1 spiro atoms. The molecule has 1 amide bonds. The minimum absolute atomic E-state index is 0.143. The maximum Gasteiger partial charge on any atom is 0.273 e. The highest BCUT2D eigenvalue weighted by Gasteiger charge is 2.44. The maximum absolute atomic E-state index is 12.4. The van der Waals surface area contributed by atoms with Crippen molar-refractivity contribution >= 4 is 15.9 Å². The SMILES string of the molecule is CNS(=O)(=O)c1cc(C(=O)N2CCC3(CCC3)C2)co1. The monoisotopic (exact) mass is 298 g/mol. The number of carbonyl (C=O) groups is 1. The second-order valence-electron chi connectivity index (χ2n) is 5.69. The molecule has 0 unspecified atom stereocenters. The third-order valence-corrected chi connectivity index (χ3v) is 5.78. The first-order valence-corrected chi connectivity index (χ1v) is 8.25. The molecule has 6 nitrogen and oxygen atoms in total. The van der Waals surface area contributed by atoms with Crippen LogP contribution in [0.15, 0.2) is 21.8 Å². The molecular formula is C13H18N2O4S. The molecule has 1 aliphatic heterocycles. The Morgan fingerprint density at radius 2 is 2.15 bits per heavy atom. The van der Waals surface area contributed by atoms with Gasteiger partial charge in [-0.15, -0.1) is 0 Å². The van der Waals surface area contributed by atoms with Crippen LogP contribution < -0.4 is 4.72 Å². The standard InChI is InChI=1S/C13H18N2O4S/c1-14-20(17,18)11-7-10(8-19-11)12(16)15-6-5-13(9-15)3-2-4-13/h7-8,14H,2-6,9H2,1H3. The normalized spacial score (nSPS) is 21.1. The molecule has 7 heteroatoms. The van der Waals surface area contributed by atoms with Crippen LogP contribution in [0.4, 0.5) is 0 Å².